The van der Waals surface area contributed by atoms with Crippen LogP contribution in [0.5, 0.6) is 0 Å². The van der Waals surface area contributed by atoms with Crippen molar-refractivity contribution in [2.24, 2.45) is 0 Å². The maximum atomic E-state index is 12.2. The van der Waals surface area contributed by atoms with E-state index in [1.54, 1.807) is 12.0 Å². The molecule has 0 bridgehead atoms. The second-order valence-electron chi connectivity index (χ2n) is 5.08. The number of methoxy groups -OCH3 is 1. The summed E-state index contributed by atoms with van der Waals surface area (Å²) in [6.45, 7) is 4.15. The number of hydrogen-bond acceptors (Lipinski definition) is 3. The van der Waals surface area contributed by atoms with Gasteiger partial charge in [-0.3, -0.25) is 0 Å². The molecule has 2 amide bonds. The highest BCUT2D eigenvalue weighted by Gasteiger charge is 2.24. The summed E-state index contributed by atoms with van der Waals surface area (Å²) in [4.78, 5) is 14.0. The van der Waals surface area contributed by atoms with Gasteiger partial charge in [0.25, 0.3) is 0 Å². The Morgan fingerprint density at radius 2 is 2.43 bits per heavy atom. The summed E-state index contributed by atoms with van der Waals surface area (Å²) in [6.07, 6.45) is -0.219. The smallest absolute Gasteiger partial charge is 0.317 e. The molecular weight excluding hydrogens is 292 g/mol. The number of morpholine rings is 1. The molecule has 1 aliphatic rings. The molecule has 0 unspecified atom stereocenters. The van der Waals surface area contributed by atoms with Crippen molar-refractivity contribution in [3.63, 3.8) is 0 Å². The number of urea groups is 1. The normalized spacial score (nSPS) is 20.1. The van der Waals surface area contributed by atoms with Crippen molar-refractivity contribution in [3.05, 3.63) is 34.9 Å². The first-order valence-electron chi connectivity index (χ1n) is 7.02. The van der Waals surface area contributed by atoms with Crippen molar-refractivity contribution >= 4 is 17.6 Å². The van der Waals surface area contributed by atoms with Gasteiger partial charge in [-0.15, -0.1) is 0 Å². The van der Waals surface area contributed by atoms with Gasteiger partial charge in [0.05, 0.1) is 25.4 Å². The summed E-state index contributed by atoms with van der Waals surface area (Å²) in [5, 5.41) is 3.57. The van der Waals surface area contributed by atoms with Crippen LogP contribution in [0.15, 0.2) is 24.3 Å². The predicted molar refractivity (Wildman–Crippen MR) is 81.6 cm³/mol. The van der Waals surface area contributed by atoms with E-state index >= 15 is 0 Å². The van der Waals surface area contributed by atoms with Crippen molar-refractivity contribution in [3.8, 4) is 0 Å². The maximum absolute atomic E-state index is 12.2. The summed E-state index contributed by atoms with van der Waals surface area (Å²) in [7, 11) is 1.62. The Bertz CT molecular complexity index is 484. The molecule has 1 saturated heterocycles. The number of carbonyl (C=O) groups is 1. The fraction of sp³-hybridized carbons (Fsp3) is 0.533. The van der Waals surface area contributed by atoms with Crippen LogP contribution < -0.4 is 5.32 Å². The van der Waals surface area contributed by atoms with Gasteiger partial charge in [0.15, 0.2) is 0 Å². The Kier molecular flexibility index (Phi) is 5.85. The molecule has 1 aromatic rings. The topological polar surface area (TPSA) is 50.8 Å². The quantitative estimate of drug-likeness (QED) is 0.929. The minimum absolute atomic E-state index is 0.0881. The number of amides is 2. The van der Waals surface area contributed by atoms with E-state index in [0.29, 0.717) is 31.3 Å². The summed E-state index contributed by atoms with van der Waals surface area (Å²) in [5.41, 5.74) is 0.945. The highest BCUT2D eigenvalue weighted by atomic mass is 35.5. The zero-order chi connectivity index (χ0) is 15.2. The van der Waals surface area contributed by atoms with Gasteiger partial charge in [-0.05, 0) is 24.6 Å². The third kappa shape index (κ3) is 4.33. The lowest BCUT2D eigenvalue weighted by atomic mass is 10.1. The molecule has 0 spiro atoms. The van der Waals surface area contributed by atoms with Crippen LogP contribution in [0.3, 0.4) is 0 Å². The van der Waals surface area contributed by atoms with Crippen molar-refractivity contribution in [2.45, 2.75) is 19.1 Å². The van der Waals surface area contributed by atoms with Gasteiger partial charge in [-0.2, -0.15) is 0 Å². The fourth-order valence-electron chi connectivity index (χ4n) is 2.35. The SMILES string of the molecule is CO[C@@H](CNC(=O)N1CCOC[C@H]1C)c1cccc(Cl)c1. The standard InChI is InChI=1S/C15H21ClN2O3/c1-11-10-21-7-6-18(11)15(19)17-9-14(20-2)12-4-3-5-13(16)8-12/h3-5,8,11,14H,6-7,9-10H2,1-2H3,(H,17,19)/t11-,14+/m1/s1. The maximum Gasteiger partial charge on any atom is 0.317 e. The van der Waals surface area contributed by atoms with Gasteiger partial charge < -0.3 is 19.7 Å². The van der Waals surface area contributed by atoms with E-state index in [4.69, 9.17) is 21.1 Å². The molecule has 0 aromatic heterocycles. The summed E-state index contributed by atoms with van der Waals surface area (Å²) >= 11 is 5.98. The number of halogens is 1. The van der Waals surface area contributed by atoms with E-state index in [1.807, 2.05) is 31.2 Å². The van der Waals surface area contributed by atoms with Gasteiger partial charge in [-0.1, -0.05) is 23.7 Å². The first-order valence-corrected chi connectivity index (χ1v) is 7.40. The Balaban J connectivity index is 1.92. The van der Waals surface area contributed by atoms with E-state index in [9.17, 15) is 4.79 Å². The summed E-state index contributed by atoms with van der Waals surface area (Å²) < 4.78 is 10.8. The molecule has 0 radical (unpaired) electrons. The number of ether oxygens (including phenoxy) is 2. The molecule has 2 rings (SSSR count). The highest BCUT2D eigenvalue weighted by Crippen LogP contribution is 2.20. The van der Waals surface area contributed by atoms with Crippen LogP contribution in [-0.2, 0) is 9.47 Å². The molecule has 21 heavy (non-hydrogen) atoms. The number of carbonyl (C=O) groups excluding carboxylic acids is 1. The molecule has 0 aliphatic carbocycles. The van der Waals surface area contributed by atoms with E-state index in [2.05, 4.69) is 5.32 Å². The monoisotopic (exact) mass is 312 g/mol. The molecule has 5 nitrogen and oxygen atoms in total. The van der Waals surface area contributed by atoms with E-state index in [0.717, 1.165) is 5.56 Å². The van der Waals surface area contributed by atoms with E-state index in [-0.39, 0.29) is 18.2 Å². The van der Waals surface area contributed by atoms with Crippen LogP contribution in [0.4, 0.5) is 4.79 Å². The second kappa shape index (κ2) is 7.64. The van der Waals surface area contributed by atoms with Crippen LogP contribution in [0.25, 0.3) is 0 Å². The Labute approximate surface area is 130 Å². The molecule has 1 aliphatic heterocycles. The number of rotatable bonds is 4. The Morgan fingerprint density at radius 1 is 1.62 bits per heavy atom. The lowest BCUT2D eigenvalue weighted by molar-refractivity contribution is 0.0177. The molecule has 6 heteroatoms. The van der Waals surface area contributed by atoms with Crippen molar-refractivity contribution in [2.75, 3.05) is 33.4 Å². The number of nitrogens with one attached hydrogen (secondary N) is 1. The zero-order valence-corrected chi connectivity index (χ0v) is 13.1. The van der Waals surface area contributed by atoms with Crippen molar-refractivity contribution in [1.82, 2.24) is 10.2 Å². The highest BCUT2D eigenvalue weighted by molar-refractivity contribution is 6.30. The first kappa shape index (κ1) is 16.1. The van der Waals surface area contributed by atoms with Crippen LogP contribution >= 0.6 is 11.6 Å². The molecule has 1 aromatic carbocycles. The van der Waals surface area contributed by atoms with Crippen LogP contribution in [0.1, 0.15) is 18.6 Å². The molecule has 1 N–H and O–H groups in total. The Hall–Kier alpha value is -1.30. The largest absolute Gasteiger partial charge is 0.377 e. The average molecular weight is 313 g/mol. The van der Waals surface area contributed by atoms with Gasteiger partial charge in [0, 0.05) is 25.2 Å². The predicted octanol–water partition coefficient (Wildman–Crippen LogP) is 2.46. The third-order valence-corrected chi connectivity index (χ3v) is 3.81. The lowest BCUT2D eigenvalue weighted by Crippen LogP contribution is -2.51. The third-order valence-electron chi connectivity index (χ3n) is 3.57. The fourth-order valence-corrected chi connectivity index (χ4v) is 2.55. The molecule has 2 atom stereocenters. The van der Waals surface area contributed by atoms with Crippen LogP contribution in [0.2, 0.25) is 5.02 Å². The first-order chi connectivity index (χ1) is 10.1. The van der Waals surface area contributed by atoms with Gasteiger partial charge in [0.1, 0.15) is 0 Å². The Morgan fingerprint density at radius 3 is 3.10 bits per heavy atom. The van der Waals surface area contributed by atoms with Gasteiger partial charge >= 0.3 is 6.03 Å². The van der Waals surface area contributed by atoms with E-state index < -0.39 is 0 Å². The van der Waals surface area contributed by atoms with Crippen molar-refractivity contribution in [1.29, 1.82) is 0 Å². The second-order valence-corrected chi connectivity index (χ2v) is 5.52. The minimum Gasteiger partial charge on any atom is -0.377 e. The lowest BCUT2D eigenvalue weighted by Gasteiger charge is -2.33. The summed E-state index contributed by atoms with van der Waals surface area (Å²) in [6, 6.07) is 7.46. The number of nitrogens with zero attached hydrogens (tertiary/aromatic N) is 1. The van der Waals surface area contributed by atoms with Crippen LogP contribution in [0, 0.1) is 0 Å². The summed E-state index contributed by atoms with van der Waals surface area (Å²) in [5.74, 6) is 0. The van der Waals surface area contributed by atoms with Crippen molar-refractivity contribution < 1.29 is 14.3 Å². The molecule has 1 fully saturated rings. The minimum atomic E-state index is -0.219. The van der Waals surface area contributed by atoms with E-state index in [1.165, 1.54) is 0 Å². The average Bonchev–Trinajstić information content (AvgIpc) is 2.48. The molecule has 0 saturated carbocycles. The van der Waals surface area contributed by atoms with Crippen LogP contribution in [-0.4, -0.2) is 50.4 Å². The molecular formula is C15H21ClN2O3. The number of benzene rings is 1. The van der Waals surface area contributed by atoms with Gasteiger partial charge in [-0.25, -0.2) is 4.79 Å². The number of hydrogen-bond donors (Lipinski definition) is 1. The van der Waals surface area contributed by atoms with Gasteiger partial charge in [0.2, 0.25) is 0 Å². The molecule has 1 heterocycles. The zero-order valence-electron chi connectivity index (χ0n) is 12.3. The molecule has 116 valence electrons.